The zero-order valence-electron chi connectivity index (χ0n) is 58.1. The molecule has 0 spiro atoms. The number of aliphatic hydroxyl groups excluding tert-OH is 2. The number of carbonyl (C=O) groups is 2. The lowest BCUT2D eigenvalue weighted by Crippen LogP contribution is -2.45. The van der Waals surface area contributed by atoms with Crippen LogP contribution in [0.1, 0.15) is 457 Å². The molecule has 3 N–H and O–H groups in total. The molecule has 0 fully saturated rings. The second kappa shape index (κ2) is 75.1. The van der Waals surface area contributed by atoms with E-state index < -0.39 is 12.1 Å². The van der Waals surface area contributed by atoms with Gasteiger partial charge in [-0.1, -0.05) is 405 Å². The number of carbonyl (C=O) groups excluding carboxylic acids is 2. The lowest BCUT2D eigenvalue weighted by molar-refractivity contribution is -0.143. The molecule has 6 heteroatoms. The smallest absolute Gasteiger partial charge is 0.305 e. The fourth-order valence-corrected chi connectivity index (χ4v) is 12.8. The van der Waals surface area contributed by atoms with E-state index >= 15 is 0 Å². The van der Waals surface area contributed by atoms with E-state index in [1.165, 1.54) is 379 Å². The summed E-state index contributed by atoms with van der Waals surface area (Å²) in [5, 5.41) is 23.4. The van der Waals surface area contributed by atoms with E-state index in [2.05, 4.69) is 31.3 Å². The third-order valence-electron chi connectivity index (χ3n) is 18.8. The Labute approximate surface area is 533 Å². The van der Waals surface area contributed by atoms with Crippen LogP contribution in [-0.4, -0.2) is 47.4 Å². The van der Waals surface area contributed by atoms with Gasteiger partial charge in [-0.15, -0.1) is 0 Å². The SMILES string of the molecule is CCCCCCC/C=C\CCCCCCCC(=O)OCCCCCCCCCCCCCCCCCCCCCCCCCCCCCCCCCCCCCCCC(=O)NC(CO)C(O)CCCCCCCCCCCCCCCCCCC. The van der Waals surface area contributed by atoms with Crippen molar-refractivity contribution in [3.8, 4) is 0 Å². The molecule has 85 heavy (non-hydrogen) atoms. The van der Waals surface area contributed by atoms with Gasteiger partial charge in [-0.2, -0.15) is 0 Å². The number of rotatable bonds is 75. The molecule has 0 aliphatic rings. The van der Waals surface area contributed by atoms with Crippen molar-refractivity contribution in [3.63, 3.8) is 0 Å². The molecule has 506 valence electrons. The Morgan fingerprint density at radius 2 is 0.553 bits per heavy atom. The van der Waals surface area contributed by atoms with E-state index in [4.69, 9.17) is 4.74 Å². The monoisotopic (exact) mass is 1200 g/mol. The van der Waals surface area contributed by atoms with Gasteiger partial charge in [0, 0.05) is 12.8 Å². The van der Waals surface area contributed by atoms with Gasteiger partial charge >= 0.3 is 5.97 Å². The highest BCUT2D eigenvalue weighted by molar-refractivity contribution is 5.76. The highest BCUT2D eigenvalue weighted by atomic mass is 16.5. The van der Waals surface area contributed by atoms with Crippen molar-refractivity contribution in [2.45, 2.75) is 469 Å². The van der Waals surface area contributed by atoms with Gasteiger partial charge in [-0.05, 0) is 51.4 Å². The van der Waals surface area contributed by atoms with E-state index in [0.717, 1.165) is 44.9 Å². The molecule has 0 radical (unpaired) electrons. The van der Waals surface area contributed by atoms with Crippen LogP contribution in [0.5, 0.6) is 0 Å². The first kappa shape index (κ1) is 83.6. The molecule has 0 aromatic heterocycles. The Kier molecular flexibility index (Phi) is 73.8. The third kappa shape index (κ3) is 71.6. The molecule has 1 amide bonds. The molecule has 0 saturated heterocycles. The molecule has 0 bridgehead atoms. The number of hydrogen-bond donors (Lipinski definition) is 3. The standard InChI is InChI=1S/C79H155NO5/c1-3-5-7-9-11-13-15-17-19-41-44-47-51-55-59-63-67-71-77(82)76(75-81)80-78(83)72-68-64-60-56-52-48-45-42-39-37-35-33-31-29-27-25-23-21-20-22-24-26-28-30-32-34-36-38-40-43-46-50-54-58-62-66-70-74-85-79(84)73-69-65-61-57-53-49-18-16-14-12-10-8-6-4-2/h16,18,76-77,81-82H,3-15,17,19-75H2,1-2H3,(H,80,83)/b18-16-. The Balaban J connectivity index is 3.29. The number of allylic oxidation sites excluding steroid dienone is 2. The largest absolute Gasteiger partial charge is 0.466 e. The van der Waals surface area contributed by atoms with E-state index in [9.17, 15) is 19.8 Å². The first-order valence-electron chi connectivity index (χ1n) is 39.4. The van der Waals surface area contributed by atoms with Crippen molar-refractivity contribution in [2.24, 2.45) is 0 Å². The Morgan fingerprint density at radius 1 is 0.318 bits per heavy atom. The predicted octanol–water partition coefficient (Wildman–Crippen LogP) is 25.9. The van der Waals surface area contributed by atoms with Gasteiger partial charge in [0.25, 0.3) is 0 Å². The van der Waals surface area contributed by atoms with Crippen molar-refractivity contribution in [1.29, 1.82) is 0 Å². The van der Waals surface area contributed by atoms with Crippen molar-refractivity contribution in [2.75, 3.05) is 13.2 Å². The lowest BCUT2D eigenvalue weighted by atomic mass is 10.0. The third-order valence-corrected chi connectivity index (χ3v) is 18.8. The quantitative estimate of drug-likeness (QED) is 0.0320. The molecule has 0 aromatic rings. The number of nitrogens with one attached hydrogen (secondary N) is 1. The number of ether oxygens (including phenoxy) is 1. The molecule has 0 saturated carbocycles. The van der Waals surface area contributed by atoms with Crippen LogP contribution >= 0.6 is 0 Å². The summed E-state index contributed by atoms with van der Waals surface area (Å²) < 4.78 is 5.49. The predicted molar refractivity (Wildman–Crippen MR) is 375 cm³/mol. The maximum Gasteiger partial charge on any atom is 0.305 e. The number of esters is 1. The molecule has 0 aromatic carbocycles. The van der Waals surface area contributed by atoms with Crippen LogP contribution in [0.15, 0.2) is 12.2 Å². The van der Waals surface area contributed by atoms with Crippen LogP contribution in [0, 0.1) is 0 Å². The fourth-order valence-electron chi connectivity index (χ4n) is 12.8. The minimum Gasteiger partial charge on any atom is -0.466 e. The minimum absolute atomic E-state index is 0.0158. The molecular formula is C79H155NO5. The fraction of sp³-hybridized carbons (Fsp3) is 0.949. The summed E-state index contributed by atoms with van der Waals surface area (Å²) in [7, 11) is 0. The summed E-state index contributed by atoms with van der Waals surface area (Å²) in [6, 6.07) is -0.536. The highest BCUT2D eigenvalue weighted by Crippen LogP contribution is 2.20. The summed E-state index contributed by atoms with van der Waals surface area (Å²) >= 11 is 0. The van der Waals surface area contributed by atoms with Gasteiger partial charge in [-0.3, -0.25) is 9.59 Å². The Bertz CT molecular complexity index is 1290. The summed E-state index contributed by atoms with van der Waals surface area (Å²) in [5.41, 5.74) is 0. The van der Waals surface area contributed by atoms with Gasteiger partial charge in [-0.25, -0.2) is 0 Å². The van der Waals surface area contributed by atoms with Crippen LogP contribution in [0.3, 0.4) is 0 Å². The number of aliphatic hydroxyl groups is 2. The molecular weight excluding hydrogens is 1040 g/mol. The number of hydrogen-bond acceptors (Lipinski definition) is 5. The normalized spacial score (nSPS) is 12.5. The molecule has 0 aliphatic heterocycles. The first-order chi connectivity index (χ1) is 42.0. The first-order valence-corrected chi connectivity index (χ1v) is 39.4. The van der Waals surface area contributed by atoms with Gasteiger partial charge < -0.3 is 20.3 Å². The summed E-state index contributed by atoms with van der Waals surface area (Å²) in [6.45, 7) is 4.99. The lowest BCUT2D eigenvalue weighted by Gasteiger charge is -2.22. The van der Waals surface area contributed by atoms with Crippen molar-refractivity contribution < 1.29 is 24.5 Å². The minimum atomic E-state index is -0.660. The van der Waals surface area contributed by atoms with Crippen molar-refractivity contribution >= 4 is 11.9 Å². The van der Waals surface area contributed by atoms with Crippen LogP contribution in [0.2, 0.25) is 0 Å². The van der Waals surface area contributed by atoms with Gasteiger partial charge in [0.2, 0.25) is 5.91 Å². The topological polar surface area (TPSA) is 95.9 Å². The number of amides is 1. The van der Waals surface area contributed by atoms with E-state index in [0.29, 0.717) is 25.9 Å². The van der Waals surface area contributed by atoms with Crippen LogP contribution < -0.4 is 5.32 Å². The molecule has 0 aliphatic carbocycles. The molecule has 0 heterocycles. The van der Waals surface area contributed by atoms with E-state index in [-0.39, 0.29) is 18.5 Å². The molecule has 2 atom stereocenters. The van der Waals surface area contributed by atoms with Crippen molar-refractivity contribution in [1.82, 2.24) is 5.32 Å². The average molecular weight is 1200 g/mol. The zero-order chi connectivity index (χ0) is 61.3. The van der Waals surface area contributed by atoms with Crippen molar-refractivity contribution in [3.05, 3.63) is 12.2 Å². The average Bonchev–Trinajstić information content (AvgIpc) is 3.50. The summed E-state index contributed by atoms with van der Waals surface area (Å²) in [6.07, 6.45) is 94.6. The van der Waals surface area contributed by atoms with Gasteiger partial charge in [0.1, 0.15) is 0 Å². The van der Waals surface area contributed by atoms with E-state index in [1.54, 1.807) is 0 Å². The van der Waals surface area contributed by atoms with Crippen LogP contribution in [0.25, 0.3) is 0 Å². The van der Waals surface area contributed by atoms with Gasteiger partial charge in [0.15, 0.2) is 0 Å². The maximum absolute atomic E-state index is 12.5. The highest BCUT2D eigenvalue weighted by Gasteiger charge is 2.20. The zero-order valence-corrected chi connectivity index (χ0v) is 58.1. The van der Waals surface area contributed by atoms with E-state index in [1.807, 2.05) is 0 Å². The molecule has 6 nitrogen and oxygen atoms in total. The second-order valence-electron chi connectivity index (χ2n) is 27.4. The Morgan fingerprint density at radius 3 is 0.835 bits per heavy atom. The molecule has 2 unspecified atom stereocenters. The maximum atomic E-state index is 12.5. The second-order valence-corrected chi connectivity index (χ2v) is 27.4. The van der Waals surface area contributed by atoms with Gasteiger partial charge in [0.05, 0.1) is 25.4 Å². The summed E-state index contributed by atoms with van der Waals surface area (Å²) in [4.78, 5) is 24.6. The number of unbranched alkanes of at least 4 members (excludes halogenated alkanes) is 62. The molecule has 0 rings (SSSR count). The summed E-state index contributed by atoms with van der Waals surface area (Å²) in [5.74, 6) is -0.00878. The Hall–Kier alpha value is -1.40. The van der Waals surface area contributed by atoms with Crippen LogP contribution in [-0.2, 0) is 14.3 Å². The van der Waals surface area contributed by atoms with Crippen LogP contribution in [0.4, 0.5) is 0 Å².